The number of aromatic nitrogens is 1. The smallest absolute Gasteiger partial charge is 0.377 e. The van der Waals surface area contributed by atoms with Crippen molar-refractivity contribution in [3.05, 3.63) is 46.3 Å². The molecule has 1 amide bonds. The highest BCUT2D eigenvalue weighted by Gasteiger charge is 2.22. The van der Waals surface area contributed by atoms with Crippen molar-refractivity contribution >= 4 is 29.2 Å². The van der Waals surface area contributed by atoms with E-state index >= 15 is 0 Å². The van der Waals surface area contributed by atoms with Crippen LogP contribution < -0.4 is 5.32 Å². The molecule has 1 aromatic heterocycles. The maximum absolute atomic E-state index is 12.1. The normalized spacial score (nSPS) is 11.8. The lowest BCUT2D eigenvalue weighted by Gasteiger charge is -2.14. The van der Waals surface area contributed by atoms with E-state index in [9.17, 15) is 9.59 Å². The Hall–Kier alpha value is -2.34. The molecule has 7 heteroatoms. The summed E-state index contributed by atoms with van der Waals surface area (Å²) in [4.78, 5) is 23.9. The molecule has 0 saturated carbocycles. The second-order valence-corrected chi connectivity index (χ2v) is 5.19. The van der Waals surface area contributed by atoms with Crippen LogP contribution in [0.4, 0.5) is 5.69 Å². The van der Waals surface area contributed by atoms with Crippen LogP contribution in [-0.4, -0.2) is 23.1 Å². The molecule has 0 aliphatic rings. The van der Waals surface area contributed by atoms with Gasteiger partial charge in [-0.25, -0.2) is 4.79 Å². The molecule has 0 bridgehead atoms. The Morgan fingerprint density at radius 2 is 2.09 bits per heavy atom. The lowest BCUT2D eigenvalue weighted by Crippen LogP contribution is -2.30. The first-order valence-electron chi connectivity index (χ1n) is 6.58. The van der Waals surface area contributed by atoms with Gasteiger partial charge in [0.15, 0.2) is 6.10 Å². The highest BCUT2D eigenvalue weighted by Crippen LogP contribution is 2.23. The first-order valence-corrected chi connectivity index (χ1v) is 6.96. The zero-order chi connectivity index (χ0) is 16.3. The molecule has 1 heterocycles. The summed E-state index contributed by atoms with van der Waals surface area (Å²) in [5.41, 5.74) is 1.86. The van der Waals surface area contributed by atoms with Crippen LogP contribution >= 0.6 is 11.6 Å². The van der Waals surface area contributed by atoms with E-state index in [1.807, 2.05) is 0 Å². The van der Waals surface area contributed by atoms with Gasteiger partial charge in [0.1, 0.15) is 0 Å². The van der Waals surface area contributed by atoms with Crippen LogP contribution in [0.3, 0.4) is 0 Å². The van der Waals surface area contributed by atoms with Gasteiger partial charge in [-0.2, -0.15) is 0 Å². The molecule has 0 spiro atoms. The molecule has 2 rings (SSSR count). The molecule has 22 heavy (non-hydrogen) atoms. The van der Waals surface area contributed by atoms with Crippen molar-refractivity contribution in [2.45, 2.75) is 26.9 Å². The van der Waals surface area contributed by atoms with Crippen LogP contribution in [0.5, 0.6) is 0 Å². The Morgan fingerprint density at radius 3 is 2.73 bits per heavy atom. The minimum atomic E-state index is -0.990. The number of anilines is 1. The van der Waals surface area contributed by atoms with Gasteiger partial charge < -0.3 is 14.6 Å². The summed E-state index contributed by atoms with van der Waals surface area (Å²) in [5.74, 6) is -1.25. The lowest BCUT2D eigenvalue weighted by molar-refractivity contribution is -0.123. The van der Waals surface area contributed by atoms with Crippen molar-refractivity contribution < 1.29 is 18.8 Å². The number of carbonyl (C=O) groups excluding carboxylic acids is 2. The summed E-state index contributed by atoms with van der Waals surface area (Å²) in [7, 11) is 0. The maximum Gasteiger partial charge on any atom is 0.377 e. The topological polar surface area (TPSA) is 81.4 Å². The summed E-state index contributed by atoms with van der Waals surface area (Å²) in [5, 5.41) is 6.80. The van der Waals surface area contributed by atoms with Crippen LogP contribution in [0.1, 0.15) is 28.7 Å². The van der Waals surface area contributed by atoms with E-state index < -0.39 is 18.0 Å². The Kier molecular flexibility index (Phi) is 4.82. The summed E-state index contributed by atoms with van der Waals surface area (Å²) in [6.07, 6.45) is -0.990. The van der Waals surface area contributed by atoms with E-state index in [-0.39, 0.29) is 5.76 Å². The van der Waals surface area contributed by atoms with Gasteiger partial charge in [0.25, 0.3) is 5.91 Å². The molecule has 1 atom stereocenters. The molecule has 1 N–H and O–H groups in total. The van der Waals surface area contributed by atoms with Gasteiger partial charge in [-0.3, -0.25) is 4.79 Å². The fourth-order valence-electron chi connectivity index (χ4n) is 1.71. The molecule has 6 nitrogen and oxygen atoms in total. The molecule has 0 saturated heterocycles. The monoisotopic (exact) mass is 322 g/mol. The highest BCUT2D eigenvalue weighted by atomic mass is 35.5. The summed E-state index contributed by atoms with van der Waals surface area (Å²) >= 11 is 5.99. The van der Waals surface area contributed by atoms with E-state index in [1.165, 1.54) is 13.0 Å². The third kappa shape index (κ3) is 3.65. The second kappa shape index (κ2) is 6.62. The number of esters is 1. The number of rotatable bonds is 4. The zero-order valence-corrected chi connectivity index (χ0v) is 13.1. The van der Waals surface area contributed by atoms with Crippen LogP contribution in [0.15, 0.2) is 28.8 Å². The van der Waals surface area contributed by atoms with E-state index in [0.717, 1.165) is 5.56 Å². The van der Waals surface area contributed by atoms with Gasteiger partial charge in [0, 0.05) is 16.8 Å². The molecule has 0 radical (unpaired) electrons. The van der Waals surface area contributed by atoms with E-state index in [4.69, 9.17) is 20.9 Å². The molecule has 1 aromatic carbocycles. The minimum absolute atomic E-state index is 0.0453. The van der Waals surface area contributed by atoms with Gasteiger partial charge in [0.2, 0.25) is 5.76 Å². The highest BCUT2D eigenvalue weighted by molar-refractivity contribution is 6.31. The quantitative estimate of drug-likeness (QED) is 0.874. The molecular formula is C15H15ClN2O4. The lowest BCUT2D eigenvalue weighted by atomic mass is 10.2. The van der Waals surface area contributed by atoms with Crippen molar-refractivity contribution in [3.8, 4) is 0 Å². The predicted molar refractivity (Wildman–Crippen MR) is 80.9 cm³/mol. The third-order valence-electron chi connectivity index (χ3n) is 3.01. The third-order valence-corrected chi connectivity index (χ3v) is 3.42. The Morgan fingerprint density at radius 1 is 1.36 bits per heavy atom. The second-order valence-electron chi connectivity index (χ2n) is 4.78. The number of nitrogens with zero attached hydrogens (tertiary/aromatic N) is 1. The number of nitrogens with one attached hydrogen (secondary N) is 1. The van der Waals surface area contributed by atoms with Crippen molar-refractivity contribution in [1.82, 2.24) is 5.16 Å². The Bertz CT molecular complexity index is 711. The first-order chi connectivity index (χ1) is 10.4. The number of hydrogen-bond acceptors (Lipinski definition) is 5. The van der Waals surface area contributed by atoms with Crippen molar-refractivity contribution in [2.75, 3.05) is 5.32 Å². The summed E-state index contributed by atoms with van der Waals surface area (Å²) < 4.78 is 9.82. The number of benzene rings is 1. The van der Waals surface area contributed by atoms with Crippen molar-refractivity contribution in [1.29, 1.82) is 0 Å². The molecule has 0 fully saturated rings. The van der Waals surface area contributed by atoms with Crippen LogP contribution in [0, 0.1) is 13.8 Å². The fraction of sp³-hybridized carbons (Fsp3) is 0.267. The number of amides is 1. The van der Waals surface area contributed by atoms with E-state index in [0.29, 0.717) is 16.4 Å². The van der Waals surface area contributed by atoms with E-state index in [1.54, 1.807) is 32.0 Å². The molecule has 0 aliphatic heterocycles. The van der Waals surface area contributed by atoms with Crippen LogP contribution in [0.25, 0.3) is 0 Å². The standard InChI is InChI=1S/C15H15ClN2O4/c1-8-7-13(22-18-8)15(20)21-10(3)14(19)17-12-6-4-5-11(16)9(12)2/h4-7,10H,1-3H3,(H,17,19)/t10-/m0/s1. The Labute approximate surface area is 132 Å². The fourth-order valence-corrected chi connectivity index (χ4v) is 1.88. The average molecular weight is 323 g/mol. The van der Waals surface area contributed by atoms with Gasteiger partial charge in [-0.15, -0.1) is 0 Å². The van der Waals surface area contributed by atoms with Gasteiger partial charge in [-0.05, 0) is 38.5 Å². The molecule has 0 unspecified atom stereocenters. The van der Waals surface area contributed by atoms with Crippen molar-refractivity contribution in [3.63, 3.8) is 0 Å². The SMILES string of the molecule is Cc1cc(C(=O)O[C@@H](C)C(=O)Nc2cccc(Cl)c2C)on1. The number of ether oxygens (including phenoxy) is 1. The maximum atomic E-state index is 12.1. The predicted octanol–water partition coefficient (Wildman–Crippen LogP) is 3.13. The van der Waals surface area contributed by atoms with Crippen molar-refractivity contribution in [2.24, 2.45) is 0 Å². The molecule has 2 aromatic rings. The summed E-state index contributed by atoms with van der Waals surface area (Å²) in [6.45, 7) is 4.93. The minimum Gasteiger partial charge on any atom is -0.447 e. The number of carbonyl (C=O) groups is 2. The Balaban J connectivity index is 2.00. The van der Waals surface area contributed by atoms with Gasteiger partial charge >= 0.3 is 5.97 Å². The largest absolute Gasteiger partial charge is 0.447 e. The van der Waals surface area contributed by atoms with Gasteiger partial charge in [0.05, 0.1) is 5.69 Å². The van der Waals surface area contributed by atoms with Crippen LogP contribution in [0.2, 0.25) is 5.02 Å². The van der Waals surface area contributed by atoms with Gasteiger partial charge in [-0.1, -0.05) is 22.8 Å². The number of aryl methyl sites for hydroxylation is 1. The zero-order valence-electron chi connectivity index (χ0n) is 12.3. The molecule has 116 valence electrons. The first kappa shape index (κ1) is 16.0. The molecular weight excluding hydrogens is 308 g/mol. The summed E-state index contributed by atoms with van der Waals surface area (Å²) in [6, 6.07) is 6.60. The number of halogens is 1. The average Bonchev–Trinajstić information content (AvgIpc) is 2.90. The van der Waals surface area contributed by atoms with Crippen LogP contribution in [-0.2, 0) is 9.53 Å². The molecule has 0 aliphatic carbocycles. The number of hydrogen-bond donors (Lipinski definition) is 1. The van der Waals surface area contributed by atoms with E-state index in [2.05, 4.69) is 10.5 Å².